The summed E-state index contributed by atoms with van der Waals surface area (Å²) in [6.07, 6.45) is 1.49. The maximum absolute atomic E-state index is 13.6. The zero-order valence-electron chi connectivity index (χ0n) is 16.8. The van der Waals surface area contributed by atoms with Gasteiger partial charge in [-0.1, -0.05) is 61.0 Å². The largest absolute Gasteiger partial charge is 0.468 e. The van der Waals surface area contributed by atoms with Crippen LogP contribution in [-0.2, 0) is 4.74 Å². The van der Waals surface area contributed by atoms with Gasteiger partial charge in [0.2, 0.25) is 0 Å². The van der Waals surface area contributed by atoms with Crippen molar-refractivity contribution in [2.75, 3.05) is 13.9 Å². The van der Waals surface area contributed by atoms with Crippen LogP contribution in [0, 0.1) is 5.82 Å². The number of allylic oxidation sites excluding steroid dienone is 1. The molecule has 5 heteroatoms. The van der Waals surface area contributed by atoms with E-state index in [9.17, 15) is 9.18 Å². The Hall–Kier alpha value is -2.95. The van der Waals surface area contributed by atoms with Crippen molar-refractivity contribution >= 4 is 29.0 Å². The molecule has 0 radical (unpaired) electrons. The van der Waals surface area contributed by atoms with E-state index in [4.69, 9.17) is 21.1 Å². The lowest BCUT2D eigenvalue weighted by molar-refractivity contribution is 0.0511. The van der Waals surface area contributed by atoms with Crippen molar-refractivity contribution in [2.45, 2.75) is 13.3 Å². The van der Waals surface area contributed by atoms with Gasteiger partial charge in [0, 0.05) is 12.7 Å². The Balaban J connectivity index is 2.19. The van der Waals surface area contributed by atoms with E-state index in [1.165, 1.54) is 12.1 Å². The monoisotopic (exact) mass is 424 g/mol. The molecule has 3 aromatic carbocycles. The molecular formula is C25H22ClFO3. The van der Waals surface area contributed by atoms with Crippen LogP contribution in [-0.4, -0.2) is 20.2 Å². The van der Waals surface area contributed by atoms with Crippen LogP contribution < -0.4 is 4.74 Å². The summed E-state index contributed by atoms with van der Waals surface area (Å²) in [6, 6.07) is 19.4. The smallest absolute Gasteiger partial charge is 0.188 e. The van der Waals surface area contributed by atoms with Gasteiger partial charge in [0.15, 0.2) is 6.79 Å². The first-order chi connectivity index (χ1) is 14.6. The van der Waals surface area contributed by atoms with Crippen LogP contribution in [0.1, 0.15) is 40.4 Å². The molecule has 0 aromatic heterocycles. The third kappa shape index (κ3) is 4.96. The van der Waals surface area contributed by atoms with Gasteiger partial charge in [-0.2, -0.15) is 0 Å². The lowest BCUT2D eigenvalue weighted by atomic mass is 9.88. The Morgan fingerprint density at radius 3 is 2.17 bits per heavy atom. The molecule has 30 heavy (non-hydrogen) atoms. The fourth-order valence-corrected chi connectivity index (χ4v) is 3.61. The maximum Gasteiger partial charge on any atom is 0.188 e. The van der Waals surface area contributed by atoms with Crippen molar-refractivity contribution in [1.29, 1.82) is 0 Å². The second-order valence-corrected chi connectivity index (χ2v) is 7.05. The Morgan fingerprint density at radius 1 is 1.00 bits per heavy atom. The highest BCUT2D eigenvalue weighted by molar-refractivity contribution is 6.32. The fraction of sp³-hybridized carbons (Fsp3) is 0.160. The maximum atomic E-state index is 13.6. The number of halogens is 2. The van der Waals surface area contributed by atoms with Gasteiger partial charge in [-0.15, -0.1) is 0 Å². The first kappa shape index (κ1) is 21.8. The molecule has 0 spiro atoms. The fourth-order valence-electron chi connectivity index (χ4n) is 3.32. The van der Waals surface area contributed by atoms with Gasteiger partial charge in [-0.05, 0) is 58.5 Å². The molecule has 154 valence electrons. The SMILES string of the molecule is CC/C(=C(/c1ccc(C=O)cc1)c1ccc(OCOC)cc1)c1ccc(F)cc1Cl. The highest BCUT2D eigenvalue weighted by Gasteiger charge is 2.16. The molecule has 0 heterocycles. The first-order valence-electron chi connectivity index (χ1n) is 9.53. The molecule has 0 aliphatic heterocycles. The van der Waals surface area contributed by atoms with Crippen LogP contribution in [0.2, 0.25) is 5.02 Å². The van der Waals surface area contributed by atoms with E-state index in [0.29, 0.717) is 22.8 Å². The minimum atomic E-state index is -0.379. The molecule has 0 saturated heterocycles. The van der Waals surface area contributed by atoms with Crippen molar-refractivity contribution < 1.29 is 18.7 Å². The summed E-state index contributed by atoms with van der Waals surface area (Å²) in [6.45, 7) is 2.20. The van der Waals surface area contributed by atoms with E-state index in [2.05, 4.69) is 0 Å². The summed E-state index contributed by atoms with van der Waals surface area (Å²) < 4.78 is 24.1. The molecular weight excluding hydrogens is 403 g/mol. The number of carbonyl (C=O) groups is 1. The molecule has 0 unspecified atom stereocenters. The second-order valence-electron chi connectivity index (χ2n) is 6.65. The van der Waals surface area contributed by atoms with E-state index in [1.807, 2.05) is 43.3 Å². The molecule has 3 rings (SSSR count). The molecule has 3 aromatic rings. The number of benzene rings is 3. The van der Waals surface area contributed by atoms with E-state index in [-0.39, 0.29) is 12.6 Å². The molecule has 3 nitrogen and oxygen atoms in total. The second kappa shape index (κ2) is 10.2. The summed E-state index contributed by atoms with van der Waals surface area (Å²) in [7, 11) is 1.57. The molecule has 0 fully saturated rings. The van der Waals surface area contributed by atoms with Crippen molar-refractivity contribution in [3.05, 3.63) is 99.8 Å². The first-order valence-corrected chi connectivity index (χ1v) is 9.91. The topological polar surface area (TPSA) is 35.5 Å². The zero-order chi connectivity index (χ0) is 21.5. The summed E-state index contributed by atoms with van der Waals surface area (Å²) in [4.78, 5) is 11.1. The number of carbonyl (C=O) groups excluding carboxylic acids is 1. The highest BCUT2D eigenvalue weighted by atomic mass is 35.5. The minimum absolute atomic E-state index is 0.167. The van der Waals surface area contributed by atoms with Gasteiger partial charge in [-0.25, -0.2) is 4.39 Å². The average Bonchev–Trinajstić information content (AvgIpc) is 2.77. The molecule has 0 saturated carbocycles. The van der Waals surface area contributed by atoms with Crippen molar-refractivity contribution in [1.82, 2.24) is 0 Å². The van der Waals surface area contributed by atoms with Crippen molar-refractivity contribution in [3.63, 3.8) is 0 Å². The minimum Gasteiger partial charge on any atom is -0.468 e. The number of hydrogen-bond donors (Lipinski definition) is 0. The third-order valence-electron chi connectivity index (χ3n) is 4.73. The predicted octanol–water partition coefficient (Wildman–Crippen LogP) is 6.64. The van der Waals surface area contributed by atoms with Gasteiger partial charge >= 0.3 is 0 Å². The van der Waals surface area contributed by atoms with E-state index < -0.39 is 0 Å². The van der Waals surface area contributed by atoms with E-state index >= 15 is 0 Å². The van der Waals surface area contributed by atoms with Crippen LogP contribution in [0.3, 0.4) is 0 Å². The number of ether oxygens (including phenoxy) is 2. The van der Waals surface area contributed by atoms with E-state index in [1.54, 1.807) is 25.3 Å². The highest BCUT2D eigenvalue weighted by Crippen LogP contribution is 2.37. The number of hydrogen-bond acceptors (Lipinski definition) is 3. The Labute approximate surface area is 180 Å². The number of aldehydes is 1. The van der Waals surface area contributed by atoms with Gasteiger partial charge in [-0.3, -0.25) is 4.79 Å². The standard InChI is InChI=1S/C25H22ClFO3/c1-3-22(23-13-10-20(27)14-24(23)26)25(18-6-4-17(15-28)5-7-18)19-8-11-21(12-9-19)30-16-29-2/h4-15H,3,16H2,1-2H3/b25-22+. The van der Waals surface area contributed by atoms with Gasteiger partial charge in [0.05, 0.1) is 5.02 Å². The zero-order valence-corrected chi connectivity index (χ0v) is 17.6. The van der Waals surface area contributed by atoms with E-state index in [0.717, 1.165) is 34.1 Å². The summed E-state index contributed by atoms with van der Waals surface area (Å²) in [5.74, 6) is 0.310. The third-order valence-corrected chi connectivity index (χ3v) is 5.05. The molecule has 0 N–H and O–H groups in total. The number of rotatable bonds is 8. The average molecular weight is 425 g/mol. The Morgan fingerprint density at radius 2 is 1.63 bits per heavy atom. The van der Waals surface area contributed by atoms with Crippen LogP contribution >= 0.6 is 11.6 Å². The lowest BCUT2D eigenvalue weighted by Crippen LogP contribution is -1.99. The molecule has 0 amide bonds. The predicted molar refractivity (Wildman–Crippen MR) is 118 cm³/mol. The summed E-state index contributed by atoms with van der Waals surface area (Å²) in [5, 5.41) is 0.355. The van der Waals surface area contributed by atoms with Crippen LogP contribution in [0.25, 0.3) is 11.1 Å². The van der Waals surface area contributed by atoms with Crippen LogP contribution in [0.4, 0.5) is 4.39 Å². The van der Waals surface area contributed by atoms with Gasteiger partial charge in [0.1, 0.15) is 17.9 Å². The van der Waals surface area contributed by atoms with Crippen molar-refractivity contribution in [3.8, 4) is 5.75 Å². The molecule has 0 atom stereocenters. The quantitative estimate of drug-likeness (QED) is 0.231. The molecule has 0 aliphatic carbocycles. The van der Waals surface area contributed by atoms with Gasteiger partial charge < -0.3 is 9.47 Å². The molecule has 0 bridgehead atoms. The van der Waals surface area contributed by atoms with Crippen LogP contribution in [0.15, 0.2) is 66.7 Å². The summed E-state index contributed by atoms with van der Waals surface area (Å²) in [5.41, 5.74) is 5.19. The van der Waals surface area contributed by atoms with Gasteiger partial charge in [0.25, 0.3) is 0 Å². The van der Waals surface area contributed by atoms with Crippen LogP contribution in [0.5, 0.6) is 5.75 Å². The molecule has 0 aliphatic rings. The lowest BCUT2D eigenvalue weighted by Gasteiger charge is -2.18. The normalized spacial score (nSPS) is 11.7. The Bertz CT molecular complexity index is 1040. The number of methoxy groups -OCH3 is 1. The Kier molecular flexibility index (Phi) is 7.39. The van der Waals surface area contributed by atoms with Crippen molar-refractivity contribution in [2.24, 2.45) is 0 Å². The summed E-state index contributed by atoms with van der Waals surface area (Å²) >= 11 is 6.40.